The van der Waals surface area contributed by atoms with Crippen LogP contribution in [0.4, 0.5) is 0 Å². The fourth-order valence-corrected chi connectivity index (χ4v) is 7.07. The Hall–Kier alpha value is -2.16. The van der Waals surface area contributed by atoms with Crippen LogP contribution in [0.15, 0.2) is 28.2 Å². The van der Waals surface area contributed by atoms with Crippen molar-refractivity contribution in [1.82, 2.24) is 9.80 Å². The smallest absolute Gasteiger partial charge is 0.253 e. The van der Waals surface area contributed by atoms with Gasteiger partial charge in [-0.3, -0.25) is 29.0 Å². The van der Waals surface area contributed by atoms with Crippen LogP contribution < -0.4 is 0 Å². The van der Waals surface area contributed by atoms with Gasteiger partial charge in [0.1, 0.15) is 18.1 Å². The van der Waals surface area contributed by atoms with Gasteiger partial charge in [-0.25, -0.2) is 0 Å². The lowest BCUT2D eigenvalue weighted by Gasteiger charge is -2.49. The van der Waals surface area contributed by atoms with E-state index in [9.17, 15) is 24.3 Å². The van der Waals surface area contributed by atoms with Crippen LogP contribution in [0.5, 0.6) is 0 Å². The Balaban J connectivity index is 1.72. The summed E-state index contributed by atoms with van der Waals surface area (Å²) < 4.78 is 5.78. The number of imide groups is 2. The number of fused-ring (bicyclic) bond motifs is 4. The second-order valence-corrected chi connectivity index (χ2v) is 10.1. The summed E-state index contributed by atoms with van der Waals surface area (Å²) in [4.78, 5) is 51.0. The van der Waals surface area contributed by atoms with Gasteiger partial charge in [0.25, 0.3) is 11.8 Å². The number of hydrogen-bond acceptors (Lipinski definition) is 6. The van der Waals surface area contributed by atoms with Crippen LogP contribution in [0, 0.1) is 17.8 Å². The lowest BCUT2D eigenvalue weighted by atomic mass is 9.57. The average Bonchev–Trinajstić information content (AvgIpc) is 3.38. The number of nitrogens with zero attached hydrogens (tertiary/aromatic N) is 2. The number of carbonyl (C=O) groups is 4. The van der Waals surface area contributed by atoms with E-state index in [1.165, 1.54) is 11.9 Å². The Labute approximate surface area is 194 Å². The number of alkyl halides is 2. The van der Waals surface area contributed by atoms with Gasteiger partial charge in [-0.2, -0.15) is 0 Å². The molecule has 3 fully saturated rings. The molecule has 32 heavy (non-hydrogen) atoms. The van der Waals surface area contributed by atoms with Crippen LogP contribution in [-0.4, -0.2) is 61.9 Å². The maximum absolute atomic E-state index is 13.3. The molecule has 2 aliphatic carbocycles. The van der Waals surface area contributed by atoms with Gasteiger partial charge in [-0.15, -0.1) is 23.2 Å². The Morgan fingerprint density at radius 3 is 2.47 bits per heavy atom. The number of allylic oxidation sites excluding steroid dienone is 2. The number of aliphatic hydroxyl groups excluding tert-OH is 1. The van der Waals surface area contributed by atoms with E-state index in [2.05, 4.69) is 0 Å². The summed E-state index contributed by atoms with van der Waals surface area (Å²) >= 11 is 14.0. The van der Waals surface area contributed by atoms with E-state index in [0.717, 1.165) is 4.90 Å². The van der Waals surface area contributed by atoms with Crippen LogP contribution in [0.1, 0.15) is 37.2 Å². The highest BCUT2D eigenvalue weighted by Crippen LogP contribution is 2.65. The summed E-state index contributed by atoms with van der Waals surface area (Å²) in [6, 6.07) is 3.17. The van der Waals surface area contributed by atoms with Crippen molar-refractivity contribution in [3.8, 4) is 0 Å². The maximum atomic E-state index is 13.3. The summed E-state index contributed by atoms with van der Waals surface area (Å²) in [7, 11) is 1.33. The van der Waals surface area contributed by atoms with Crippen LogP contribution in [0.2, 0.25) is 0 Å². The van der Waals surface area contributed by atoms with Crippen molar-refractivity contribution in [1.29, 1.82) is 0 Å². The molecule has 0 bridgehead atoms. The Bertz CT molecular complexity index is 1100. The third-order valence-corrected chi connectivity index (χ3v) is 8.96. The largest absolute Gasteiger partial charge is 0.463 e. The normalized spacial score (nSPS) is 38.7. The van der Waals surface area contributed by atoms with Crippen LogP contribution in [-0.2, 0) is 25.8 Å². The molecule has 10 heteroatoms. The molecule has 1 aromatic rings. The molecule has 0 aromatic carbocycles. The molecule has 4 amide bonds. The zero-order valence-electron chi connectivity index (χ0n) is 17.5. The molecule has 1 N–H and O–H groups in total. The monoisotopic (exact) mass is 480 g/mol. The molecule has 0 spiro atoms. The topological polar surface area (TPSA) is 108 Å². The number of likely N-dealkylation sites (tertiary alicyclic amines) is 2. The van der Waals surface area contributed by atoms with Crippen molar-refractivity contribution >= 4 is 46.8 Å². The molecule has 3 heterocycles. The first-order valence-electron chi connectivity index (χ1n) is 10.6. The number of aliphatic hydroxyl groups is 1. The van der Waals surface area contributed by atoms with Gasteiger partial charge < -0.3 is 9.52 Å². The molecule has 1 saturated carbocycles. The SMILES string of the molecule is CCN1C(=O)C2CC=C3C(CC4(Cl)C(=O)N(C)C(=O)C4(Cl)C3c3ccc(CO)o3)C2C1=O. The van der Waals surface area contributed by atoms with Gasteiger partial charge in [0.2, 0.25) is 11.8 Å². The van der Waals surface area contributed by atoms with Crippen molar-refractivity contribution in [2.24, 2.45) is 17.8 Å². The Morgan fingerprint density at radius 1 is 1.12 bits per heavy atom. The number of rotatable bonds is 3. The highest BCUT2D eigenvalue weighted by molar-refractivity contribution is 6.53. The number of hydrogen-bond donors (Lipinski definition) is 1. The zero-order chi connectivity index (χ0) is 23.2. The average molecular weight is 481 g/mol. The molecular formula is C22H22Cl2N2O6. The quantitative estimate of drug-likeness (QED) is 0.401. The molecule has 1 aromatic heterocycles. The zero-order valence-corrected chi connectivity index (χ0v) is 19.0. The van der Waals surface area contributed by atoms with E-state index in [-0.39, 0.29) is 42.9 Å². The molecule has 8 nitrogen and oxygen atoms in total. The third kappa shape index (κ3) is 2.38. The molecule has 5 rings (SSSR count). The molecule has 4 aliphatic rings. The summed E-state index contributed by atoms with van der Waals surface area (Å²) in [5.74, 6) is -3.94. The van der Waals surface area contributed by atoms with Gasteiger partial charge >= 0.3 is 0 Å². The number of halogens is 2. The van der Waals surface area contributed by atoms with Gasteiger partial charge in [0.15, 0.2) is 9.75 Å². The highest BCUT2D eigenvalue weighted by Gasteiger charge is 2.76. The van der Waals surface area contributed by atoms with Gasteiger partial charge in [-0.05, 0) is 37.8 Å². The molecular weight excluding hydrogens is 459 g/mol. The molecule has 6 unspecified atom stereocenters. The predicted molar refractivity (Wildman–Crippen MR) is 112 cm³/mol. The number of amides is 4. The molecule has 0 radical (unpaired) electrons. The van der Waals surface area contributed by atoms with E-state index < -0.39 is 45.2 Å². The first-order chi connectivity index (χ1) is 15.1. The van der Waals surface area contributed by atoms with Gasteiger partial charge in [0.05, 0.1) is 17.8 Å². The fraction of sp³-hybridized carbons (Fsp3) is 0.545. The number of carbonyl (C=O) groups excluding carboxylic acids is 4. The lowest BCUT2D eigenvalue weighted by Crippen LogP contribution is -2.60. The van der Waals surface area contributed by atoms with Crippen molar-refractivity contribution in [2.45, 2.75) is 42.0 Å². The van der Waals surface area contributed by atoms with E-state index >= 15 is 0 Å². The van der Waals surface area contributed by atoms with Gasteiger partial charge in [0, 0.05) is 13.6 Å². The summed E-state index contributed by atoms with van der Waals surface area (Å²) in [6.45, 7) is 1.65. The third-order valence-electron chi connectivity index (χ3n) is 7.54. The van der Waals surface area contributed by atoms with E-state index in [1.54, 1.807) is 19.1 Å². The summed E-state index contributed by atoms with van der Waals surface area (Å²) in [5, 5.41) is 9.48. The molecule has 6 atom stereocenters. The standard InChI is InChI=1S/C22H22Cl2N2O6/c1-3-26-17(28)12-6-5-11-13(15(12)18(26)29)8-21(23)19(30)25(2)20(31)22(21,24)16(11)14-7-4-10(9-27)32-14/h4-5,7,12-13,15-16,27H,3,6,8-9H2,1-2H3. The minimum absolute atomic E-state index is 0.0411. The first kappa shape index (κ1) is 21.7. The second-order valence-electron chi connectivity index (χ2n) is 8.88. The summed E-state index contributed by atoms with van der Waals surface area (Å²) in [6.07, 6.45) is 2.13. The van der Waals surface area contributed by atoms with E-state index in [0.29, 0.717) is 12.0 Å². The van der Waals surface area contributed by atoms with Crippen LogP contribution in [0.25, 0.3) is 0 Å². The Kier molecular flexibility index (Phi) is 4.69. The van der Waals surface area contributed by atoms with Crippen LogP contribution >= 0.6 is 23.2 Å². The van der Waals surface area contributed by atoms with E-state index in [1.807, 2.05) is 6.08 Å². The van der Waals surface area contributed by atoms with Crippen molar-refractivity contribution in [3.05, 3.63) is 35.3 Å². The molecule has 170 valence electrons. The lowest BCUT2D eigenvalue weighted by molar-refractivity contribution is -0.141. The fourth-order valence-electron chi connectivity index (χ4n) is 6.07. The number of furan rings is 1. The predicted octanol–water partition coefficient (Wildman–Crippen LogP) is 1.78. The summed E-state index contributed by atoms with van der Waals surface area (Å²) in [5.41, 5.74) is 0.673. The van der Waals surface area contributed by atoms with E-state index in [4.69, 9.17) is 27.6 Å². The minimum Gasteiger partial charge on any atom is -0.463 e. The Morgan fingerprint density at radius 2 is 1.84 bits per heavy atom. The minimum atomic E-state index is -1.86. The van der Waals surface area contributed by atoms with Crippen molar-refractivity contribution < 1.29 is 28.7 Å². The van der Waals surface area contributed by atoms with Crippen molar-refractivity contribution in [2.75, 3.05) is 13.6 Å². The molecule has 2 saturated heterocycles. The highest BCUT2D eigenvalue weighted by atomic mass is 35.5. The van der Waals surface area contributed by atoms with Gasteiger partial charge in [-0.1, -0.05) is 11.6 Å². The maximum Gasteiger partial charge on any atom is 0.253 e. The van der Waals surface area contributed by atoms with Crippen molar-refractivity contribution in [3.63, 3.8) is 0 Å². The first-order valence-corrected chi connectivity index (χ1v) is 11.3. The van der Waals surface area contributed by atoms with Crippen LogP contribution in [0.3, 0.4) is 0 Å². The second kappa shape index (κ2) is 6.92. The molecule has 2 aliphatic heterocycles.